The van der Waals surface area contributed by atoms with Crippen LogP contribution in [0.5, 0.6) is 0 Å². The number of nitrogens with zero attached hydrogens (tertiary/aromatic N) is 1. The van der Waals surface area contributed by atoms with Gasteiger partial charge in [-0.3, -0.25) is 4.79 Å². The molecule has 3 aromatic rings. The summed E-state index contributed by atoms with van der Waals surface area (Å²) in [6, 6.07) is 12.0. The van der Waals surface area contributed by atoms with Crippen LogP contribution in [0.25, 0.3) is 10.9 Å². The molecule has 3 heterocycles. The molecule has 0 aliphatic carbocycles. The maximum atomic E-state index is 13.0. The third-order valence-electron chi connectivity index (χ3n) is 4.32. The van der Waals surface area contributed by atoms with Gasteiger partial charge in [0.15, 0.2) is 0 Å². The van der Waals surface area contributed by atoms with Gasteiger partial charge >= 0.3 is 0 Å². The van der Waals surface area contributed by atoms with Crippen LogP contribution in [0.3, 0.4) is 0 Å². The molecule has 1 aliphatic heterocycles. The number of amides is 1. The molecule has 0 bridgehead atoms. The summed E-state index contributed by atoms with van der Waals surface area (Å²) in [4.78, 5) is 21.4. The van der Waals surface area contributed by atoms with E-state index in [1.807, 2.05) is 47.6 Å². The Hall–Kier alpha value is -2.49. The van der Waals surface area contributed by atoms with Gasteiger partial charge in [0, 0.05) is 41.1 Å². The van der Waals surface area contributed by atoms with Gasteiger partial charge in [0.2, 0.25) is 0 Å². The first-order chi connectivity index (χ1) is 10.3. The van der Waals surface area contributed by atoms with Crippen LogP contribution in [0.15, 0.2) is 48.8 Å². The number of hydrogen-bond acceptors (Lipinski definition) is 1. The number of rotatable bonds is 2. The molecule has 1 amide bonds. The SMILES string of the molecule is O=C(c1cccc2[nH]ccc12)N1CCCC1c1ccc[nH]1. The zero-order chi connectivity index (χ0) is 14.2. The molecule has 0 spiro atoms. The average Bonchev–Trinajstić information content (AvgIpc) is 3.23. The summed E-state index contributed by atoms with van der Waals surface area (Å²) in [5.74, 6) is 0.123. The molecule has 1 saturated heterocycles. The van der Waals surface area contributed by atoms with Crippen LogP contribution in [0, 0.1) is 0 Å². The van der Waals surface area contributed by atoms with Gasteiger partial charge in [0.25, 0.3) is 5.91 Å². The fourth-order valence-electron chi connectivity index (χ4n) is 3.31. The van der Waals surface area contributed by atoms with Crippen LogP contribution in [-0.2, 0) is 0 Å². The van der Waals surface area contributed by atoms with Crippen LogP contribution in [-0.4, -0.2) is 27.3 Å². The van der Waals surface area contributed by atoms with Crippen molar-refractivity contribution in [3.8, 4) is 0 Å². The van der Waals surface area contributed by atoms with Gasteiger partial charge in [-0.25, -0.2) is 0 Å². The Balaban J connectivity index is 1.72. The van der Waals surface area contributed by atoms with Gasteiger partial charge in [0.1, 0.15) is 0 Å². The van der Waals surface area contributed by atoms with Gasteiger partial charge < -0.3 is 14.9 Å². The molecule has 1 aliphatic rings. The fourth-order valence-corrected chi connectivity index (χ4v) is 3.31. The maximum absolute atomic E-state index is 13.0. The summed E-state index contributed by atoms with van der Waals surface area (Å²) in [5.41, 5.74) is 2.92. The summed E-state index contributed by atoms with van der Waals surface area (Å²) in [6.45, 7) is 0.823. The fraction of sp³-hybridized carbons (Fsp3) is 0.235. The van der Waals surface area contributed by atoms with Gasteiger partial charge in [-0.15, -0.1) is 0 Å². The molecule has 2 aromatic heterocycles. The highest BCUT2D eigenvalue weighted by Crippen LogP contribution is 2.33. The van der Waals surface area contributed by atoms with E-state index in [0.29, 0.717) is 0 Å². The Morgan fingerprint density at radius 2 is 2.05 bits per heavy atom. The van der Waals surface area contributed by atoms with Crippen molar-refractivity contribution in [3.05, 3.63) is 60.0 Å². The predicted molar refractivity (Wildman–Crippen MR) is 82.1 cm³/mol. The number of nitrogens with one attached hydrogen (secondary N) is 2. The molecule has 106 valence electrons. The zero-order valence-corrected chi connectivity index (χ0v) is 11.7. The molecule has 1 aromatic carbocycles. The minimum Gasteiger partial charge on any atom is -0.363 e. The second kappa shape index (κ2) is 4.81. The highest BCUT2D eigenvalue weighted by atomic mass is 16.2. The summed E-state index contributed by atoms with van der Waals surface area (Å²) in [7, 11) is 0. The first kappa shape index (κ1) is 12.3. The van der Waals surface area contributed by atoms with E-state index in [0.717, 1.165) is 41.5 Å². The van der Waals surface area contributed by atoms with Crippen LogP contribution >= 0.6 is 0 Å². The molecule has 4 nitrogen and oxygen atoms in total. The molecule has 2 N–H and O–H groups in total. The van der Waals surface area contributed by atoms with Crippen LogP contribution in [0.4, 0.5) is 0 Å². The Kier molecular flexibility index (Phi) is 2.81. The lowest BCUT2D eigenvalue weighted by molar-refractivity contribution is 0.0735. The third kappa shape index (κ3) is 1.95. The van der Waals surface area contributed by atoms with Crippen LogP contribution in [0.2, 0.25) is 0 Å². The van der Waals surface area contributed by atoms with E-state index in [-0.39, 0.29) is 11.9 Å². The Morgan fingerprint density at radius 3 is 2.90 bits per heavy atom. The Labute approximate surface area is 122 Å². The van der Waals surface area contributed by atoms with E-state index in [9.17, 15) is 4.79 Å². The van der Waals surface area contributed by atoms with Gasteiger partial charge in [0.05, 0.1) is 6.04 Å². The summed E-state index contributed by atoms with van der Waals surface area (Å²) >= 11 is 0. The minimum absolute atomic E-state index is 0.123. The number of benzene rings is 1. The summed E-state index contributed by atoms with van der Waals surface area (Å²) in [5, 5.41) is 1.000. The number of carbonyl (C=O) groups is 1. The normalized spacial score (nSPS) is 18.5. The number of hydrogen-bond donors (Lipinski definition) is 2. The first-order valence-electron chi connectivity index (χ1n) is 7.35. The van der Waals surface area contributed by atoms with Gasteiger partial charge in [-0.2, -0.15) is 0 Å². The summed E-state index contributed by atoms with van der Waals surface area (Å²) in [6.07, 6.45) is 5.88. The lowest BCUT2D eigenvalue weighted by Gasteiger charge is -2.24. The molecular weight excluding hydrogens is 262 g/mol. The van der Waals surface area contributed by atoms with Crippen molar-refractivity contribution in [2.75, 3.05) is 6.54 Å². The molecule has 1 unspecified atom stereocenters. The van der Waals surface area contributed by atoms with Crippen molar-refractivity contribution in [1.29, 1.82) is 0 Å². The van der Waals surface area contributed by atoms with E-state index in [2.05, 4.69) is 16.0 Å². The van der Waals surface area contributed by atoms with Crippen molar-refractivity contribution in [2.24, 2.45) is 0 Å². The van der Waals surface area contributed by atoms with E-state index in [4.69, 9.17) is 0 Å². The summed E-state index contributed by atoms with van der Waals surface area (Å²) < 4.78 is 0. The number of aromatic nitrogens is 2. The topological polar surface area (TPSA) is 51.9 Å². The molecule has 4 rings (SSSR count). The van der Waals surface area contributed by atoms with E-state index < -0.39 is 0 Å². The predicted octanol–water partition coefficient (Wildman–Crippen LogP) is 3.47. The zero-order valence-electron chi connectivity index (χ0n) is 11.7. The Bertz CT molecular complexity index is 772. The molecule has 4 heteroatoms. The van der Waals surface area contributed by atoms with Crippen molar-refractivity contribution in [1.82, 2.24) is 14.9 Å². The molecule has 0 radical (unpaired) electrons. The van der Waals surface area contributed by atoms with Crippen LogP contribution in [0.1, 0.15) is 34.9 Å². The molecule has 1 atom stereocenters. The number of likely N-dealkylation sites (tertiary alicyclic amines) is 1. The largest absolute Gasteiger partial charge is 0.363 e. The molecular formula is C17H17N3O. The average molecular weight is 279 g/mol. The van der Waals surface area contributed by atoms with E-state index >= 15 is 0 Å². The quantitative estimate of drug-likeness (QED) is 0.741. The van der Waals surface area contributed by atoms with E-state index in [1.54, 1.807) is 0 Å². The van der Waals surface area contributed by atoms with Crippen molar-refractivity contribution < 1.29 is 4.79 Å². The van der Waals surface area contributed by atoms with E-state index in [1.165, 1.54) is 0 Å². The lowest BCUT2D eigenvalue weighted by atomic mass is 10.1. The second-order valence-electron chi connectivity index (χ2n) is 5.53. The maximum Gasteiger partial charge on any atom is 0.255 e. The number of carbonyl (C=O) groups excluding carboxylic acids is 1. The van der Waals surface area contributed by atoms with Gasteiger partial charge in [-0.1, -0.05) is 6.07 Å². The number of H-pyrrole nitrogens is 2. The molecule has 21 heavy (non-hydrogen) atoms. The lowest BCUT2D eigenvalue weighted by Crippen LogP contribution is -2.30. The second-order valence-corrected chi connectivity index (χ2v) is 5.53. The standard InChI is InChI=1S/C17H17N3O/c21-17(13-4-1-5-14-12(13)8-10-19-14)20-11-3-7-16(20)15-6-2-9-18-15/h1-2,4-6,8-10,16,18-19H,3,7,11H2. The molecule has 1 fully saturated rings. The van der Waals surface area contributed by atoms with Crippen LogP contribution < -0.4 is 0 Å². The highest BCUT2D eigenvalue weighted by Gasteiger charge is 2.31. The Morgan fingerprint density at radius 1 is 1.10 bits per heavy atom. The van der Waals surface area contributed by atoms with Crippen molar-refractivity contribution in [3.63, 3.8) is 0 Å². The van der Waals surface area contributed by atoms with Gasteiger partial charge in [-0.05, 0) is 43.2 Å². The van der Waals surface area contributed by atoms with Crippen molar-refractivity contribution >= 4 is 16.8 Å². The molecule has 0 saturated carbocycles. The number of aromatic amines is 2. The minimum atomic E-state index is 0.123. The smallest absolute Gasteiger partial charge is 0.255 e. The monoisotopic (exact) mass is 279 g/mol. The number of fused-ring (bicyclic) bond motifs is 1. The third-order valence-corrected chi connectivity index (χ3v) is 4.32. The first-order valence-corrected chi connectivity index (χ1v) is 7.35. The van der Waals surface area contributed by atoms with Crippen molar-refractivity contribution in [2.45, 2.75) is 18.9 Å². The highest BCUT2D eigenvalue weighted by molar-refractivity contribution is 6.06.